The molecule has 1 atom stereocenters. The second kappa shape index (κ2) is 6.86. The van der Waals surface area contributed by atoms with Gasteiger partial charge >= 0.3 is 0 Å². The van der Waals surface area contributed by atoms with Gasteiger partial charge in [0, 0.05) is 18.3 Å². The predicted molar refractivity (Wildman–Crippen MR) is 83.1 cm³/mol. The molecule has 20 heavy (non-hydrogen) atoms. The molecule has 0 bridgehead atoms. The molecule has 0 aromatic heterocycles. The standard InChI is InChI=1S/C16H25N3O/c1-4-19(14-7-8-17-10-14)11-16(20)18-15-9-12(2)5-6-13(15)3/h5-6,9,14,17H,4,7-8,10-11H2,1-3H3,(H,18,20). The summed E-state index contributed by atoms with van der Waals surface area (Å²) in [6.07, 6.45) is 1.13. The van der Waals surface area contributed by atoms with E-state index in [2.05, 4.69) is 28.5 Å². The van der Waals surface area contributed by atoms with E-state index in [1.165, 1.54) is 5.56 Å². The first-order chi connectivity index (χ1) is 9.60. The van der Waals surface area contributed by atoms with E-state index in [1.54, 1.807) is 0 Å². The molecular weight excluding hydrogens is 250 g/mol. The zero-order chi connectivity index (χ0) is 14.5. The van der Waals surface area contributed by atoms with Crippen molar-refractivity contribution in [2.24, 2.45) is 0 Å². The number of hydrogen-bond donors (Lipinski definition) is 2. The average Bonchev–Trinajstić information content (AvgIpc) is 2.94. The summed E-state index contributed by atoms with van der Waals surface area (Å²) in [6.45, 7) is 9.60. The molecule has 110 valence electrons. The highest BCUT2D eigenvalue weighted by molar-refractivity contribution is 5.93. The van der Waals surface area contributed by atoms with Gasteiger partial charge in [-0.15, -0.1) is 0 Å². The van der Waals surface area contributed by atoms with Crippen LogP contribution in [0.4, 0.5) is 5.69 Å². The van der Waals surface area contributed by atoms with Crippen molar-refractivity contribution in [2.45, 2.75) is 33.2 Å². The monoisotopic (exact) mass is 275 g/mol. The summed E-state index contributed by atoms with van der Waals surface area (Å²) in [4.78, 5) is 14.5. The Morgan fingerprint density at radius 3 is 2.90 bits per heavy atom. The van der Waals surface area contributed by atoms with Crippen molar-refractivity contribution in [1.82, 2.24) is 10.2 Å². The van der Waals surface area contributed by atoms with Crippen LogP contribution in [0.3, 0.4) is 0 Å². The summed E-state index contributed by atoms with van der Waals surface area (Å²) < 4.78 is 0. The van der Waals surface area contributed by atoms with E-state index >= 15 is 0 Å². The van der Waals surface area contributed by atoms with Gasteiger partial charge in [-0.25, -0.2) is 0 Å². The lowest BCUT2D eigenvalue weighted by molar-refractivity contribution is -0.117. The van der Waals surface area contributed by atoms with Crippen molar-refractivity contribution in [3.63, 3.8) is 0 Å². The molecular formula is C16H25N3O. The van der Waals surface area contributed by atoms with Crippen molar-refractivity contribution in [3.8, 4) is 0 Å². The lowest BCUT2D eigenvalue weighted by atomic mass is 10.1. The molecule has 1 saturated heterocycles. The maximum Gasteiger partial charge on any atom is 0.238 e. The van der Waals surface area contributed by atoms with E-state index in [0.717, 1.165) is 37.3 Å². The predicted octanol–water partition coefficient (Wildman–Crippen LogP) is 1.93. The van der Waals surface area contributed by atoms with Crippen LogP contribution in [0.15, 0.2) is 18.2 Å². The summed E-state index contributed by atoms with van der Waals surface area (Å²) in [5.74, 6) is 0.0763. The van der Waals surface area contributed by atoms with Gasteiger partial charge in [0.15, 0.2) is 0 Å². The van der Waals surface area contributed by atoms with Crippen LogP contribution in [0.1, 0.15) is 24.5 Å². The third-order valence-electron chi connectivity index (χ3n) is 3.97. The van der Waals surface area contributed by atoms with Crippen LogP contribution in [0.25, 0.3) is 0 Å². The van der Waals surface area contributed by atoms with E-state index in [1.807, 2.05) is 26.0 Å². The molecule has 2 N–H and O–H groups in total. The largest absolute Gasteiger partial charge is 0.325 e. The molecule has 1 aromatic carbocycles. The van der Waals surface area contributed by atoms with Crippen LogP contribution in [-0.4, -0.2) is 43.0 Å². The second-order valence-corrected chi connectivity index (χ2v) is 5.58. The van der Waals surface area contributed by atoms with Gasteiger partial charge in [-0.05, 0) is 50.6 Å². The fraction of sp³-hybridized carbons (Fsp3) is 0.562. The fourth-order valence-electron chi connectivity index (χ4n) is 2.69. The number of hydrogen-bond acceptors (Lipinski definition) is 3. The lowest BCUT2D eigenvalue weighted by Gasteiger charge is -2.26. The quantitative estimate of drug-likeness (QED) is 0.863. The number of carbonyl (C=O) groups excluding carboxylic acids is 1. The van der Waals surface area contributed by atoms with Crippen LogP contribution in [0.2, 0.25) is 0 Å². The zero-order valence-electron chi connectivity index (χ0n) is 12.7. The number of carbonyl (C=O) groups is 1. The number of likely N-dealkylation sites (N-methyl/N-ethyl adjacent to an activating group) is 1. The summed E-state index contributed by atoms with van der Waals surface area (Å²) in [5.41, 5.74) is 3.20. The van der Waals surface area contributed by atoms with E-state index < -0.39 is 0 Å². The van der Waals surface area contributed by atoms with Gasteiger partial charge in [0.2, 0.25) is 5.91 Å². The molecule has 1 amide bonds. The Kier molecular flexibility index (Phi) is 5.15. The van der Waals surface area contributed by atoms with Gasteiger partial charge in [-0.2, -0.15) is 0 Å². The Hall–Kier alpha value is -1.39. The third-order valence-corrected chi connectivity index (χ3v) is 3.97. The highest BCUT2D eigenvalue weighted by atomic mass is 16.2. The number of rotatable bonds is 5. The molecule has 1 aromatic rings. The zero-order valence-corrected chi connectivity index (χ0v) is 12.7. The van der Waals surface area contributed by atoms with Crippen LogP contribution in [0.5, 0.6) is 0 Å². The number of aryl methyl sites for hydroxylation is 2. The van der Waals surface area contributed by atoms with Gasteiger partial charge in [0.05, 0.1) is 6.54 Å². The molecule has 0 saturated carbocycles. The topological polar surface area (TPSA) is 44.4 Å². The van der Waals surface area contributed by atoms with Crippen LogP contribution < -0.4 is 10.6 Å². The molecule has 1 aliphatic rings. The molecule has 0 radical (unpaired) electrons. The minimum Gasteiger partial charge on any atom is -0.325 e. The smallest absolute Gasteiger partial charge is 0.238 e. The Balaban J connectivity index is 1.95. The van der Waals surface area contributed by atoms with Crippen molar-refractivity contribution in [1.29, 1.82) is 0 Å². The number of amides is 1. The van der Waals surface area contributed by atoms with Crippen LogP contribution in [-0.2, 0) is 4.79 Å². The van der Waals surface area contributed by atoms with E-state index in [4.69, 9.17) is 0 Å². The summed E-state index contributed by atoms with van der Waals surface area (Å²) >= 11 is 0. The maximum absolute atomic E-state index is 12.2. The number of anilines is 1. The second-order valence-electron chi connectivity index (χ2n) is 5.58. The Labute approximate surface area is 121 Å². The first-order valence-corrected chi connectivity index (χ1v) is 7.42. The first-order valence-electron chi connectivity index (χ1n) is 7.42. The van der Waals surface area contributed by atoms with E-state index in [-0.39, 0.29) is 5.91 Å². The SMILES string of the molecule is CCN(CC(=O)Nc1cc(C)ccc1C)C1CCNC1. The number of nitrogens with one attached hydrogen (secondary N) is 2. The van der Waals surface area contributed by atoms with Crippen molar-refractivity contribution in [3.05, 3.63) is 29.3 Å². The van der Waals surface area contributed by atoms with Crippen molar-refractivity contribution < 1.29 is 4.79 Å². The Bertz CT molecular complexity index is 467. The number of nitrogens with zero attached hydrogens (tertiary/aromatic N) is 1. The van der Waals surface area contributed by atoms with Gasteiger partial charge < -0.3 is 10.6 Å². The number of benzene rings is 1. The van der Waals surface area contributed by atoms with Crippen molar-refractivity contribution >= 4 is 11.6 Å². The Morgan fingerprint density at radius 1 is 1.45 bits per heavy atom. The maximum atomic E-state index is 12.2. The Morgan fingerprint density at radius 2 is 2.25 bits per heavy atom. The van der Waals surface area contributed by atoms with E-state index in [0.29, 0.717) is 12.6 Å². The fourth-order valence-corrected chi connectivity index (χ4v) is 2.69. The van der Waals surface area contributed by atoms with Crippen LogP contribution in [0, 0.1) is 13.8 Å². The molecule has 1 unspecified atom stereocenters. The molecule has 0 spiro atoms. The first kappa shape index (κ1) is 15.0. The summed E-state index contributed by atoms with van der Waals surface area (Å²) in [5, 5.41) is 6.39. The minimum atomic E-state index is 0.0763. The van der Waals surface area contributed by atoms with Gasteiger partial charge in [-0.1, -0.05) is 19.1 Å². The molecule has 4 heteroatoms. The highest BCUT2D eigenvalue weighted by Gasteiger charge is 2.22. The lowest BCUT2D eigenvalue weighted by Crippen LogP contribution is -2.41. The normalized spacial score (nSPS) is 18.5. The van der Waals surface area contributed by atoms with E-state index in [9.17, 15) is 4.79 Å². The molecule has 1 fully saturated rings. The summed E-state index contributed by atoms with van der Waals surface area (Å²) in [6, 6.07) is 6.63. The van der Waals surface area contributed by atoms with Gasteiger partial charge in [-0.3, -0.25) is 9.69 Å². The van der Waals surface area contributed by atoms with Gasteiger partial charge in [0.1, 0.15) is 0 Å². The highest BCUT2D eigenvalue weighted by Crippen LogP contribution is 2.16. The van der Waals surface area contributed by atoms with Crippen molar-refractivity contribution in [2.75, 3.05) is 31.5 Å². The third kappa shape index (κ3) is 3.81. The molecule has 2 rings (SSSR count). The molecule has 0 aliphatic carbocycles. The molecule has 4 nitrogen and oxygen atoms in total. The molecule has 1 heterocycles. The molecule has 1 aliphatic heterocycles. The van der Waals surface area contributed by atoms with Crippen LogP contribution >= 0.6 is 0 Å². The average molecular weight is 275 g/mol. The summed E-state index contributed by atoms with van der Waals surface area (Å²) in [7, 11) is 0. The van der Waals surface area contributed by atoms with Gasteiger partial charge in [0.25, 0.3) is 0 Å². The minimum absolute atomic E-state index is 0.0763.